The van der Waals surface area contributed by atoms with Crippen molar-refractivity contribution >= 4 is 17.9 Å². The van der Waals surface area contributed by atoms with Gasteiger partial charge < -0.3 is 5.11 Å². The van der Waals surface area contributed by atoms with E-state index in [0.717, 1.165) is 6.42 Å². The topological polar surface area (TPSA) is 40.5 Å². The SMILES string of the molecule is O=P(c1ccccc1)(c1ccccc1)N1CCC[C@H]1C(O)(c1ccc(F)cc1)c1ccc(F)cc1. The summed E-state index contributed by atoms with van der Waals surface area (Å²) in [4.78, 5) is 0. The van der Waals surface area contributed by atoms with E-state index in [1.54, 1.807) is 24.3 Å². The predicted molar refractivity (Wildman–Crippen MR) is 135 cm³/mol. The van der Waals surface area contributed by atoms with Crippen molar-refractivity contribution in [1.29, 1.82) is 0 Å². The number of halogens is 2. The van der Waals surface area contributed by atoms with Gasteiger partial charge in [-0.1, -0.05) is 60.7 Å². The number of hydrogen-bond acceptors (Lipinski definition) is 2. The number of nitrogens with zero attached hydrogens (tertiary/aromatic N) is 1. The second-order valence-electron chi connectivity index (χ2n) is 8.85. The van der Waals surface area contributed by atoms with Gasteiger partial charge in [0.1, 0.15) is 17.2 Å². The molecule has 1 atom stereocenters. The lowest BCUT2D eigenvalue weighted by Crippen LogP contribution is -2.49. The Hall–Kier alpha value is -3.11. The van der Waals surface area contributed by atoms with Gasteiger partial charge in [0.05, 0.1) is 6.04 Å². The van der Waals surface area contributed by atoms with E-state index in [1.165, 1.54) is 24.3 Å². The molecule has 1 aliphatic rings. The maximum absolute atomic E-state index is 15.1. The van der Waals surface area contributed by atoms with Crippen molar-refractivity contribution in [1.82, 2.24) is 4.67 Å². The van der Waals surface area contributed by atoms with Crippen LogP contribution < -0.4 is 10.6 Å². The zero-order valence-corrected chi connectivity index (χ0v) is 20.0. The highest BCUT2D eigenvalue weighted by atomic mass is 31.2. The summed E-state index contributed by atoms with van der Waals surface area (Å²) in [6.07, 6.45) is 1.29. The molecule has 178 valence electrons. The molecular weight excluding hydrogens is 463 g/mol. The zero-order valence-electron chi connectivity index (χ0n) is 19.1. The Morgan fingerprint density at radius 1 is 0.714 bits per heavy atom. The highest BCUT2D eigenvalue weighted by Crippen LogP contribution is 2.55. The van der Waals surface area contributed by atoms with Crippen molar-refractivity contribution in [2.75, 3.05) is 6.54 Å². The van der Waals surface area contributed by atoms with Crippen molar-refractivity contribution in [3.63, 3.8) is 0 Å². The molecule has 0 aliphatic carbocycles. The molecule has 5 rings (SSSR count). The largest absolute Gasteiger partial charge is 0.379 e. The molecular formula is C29H26F2NO2P. The van der Waals surface area contributed by atoms with Crippen LogP contribution in [-0.2, 0) is 10.2 Å². The first-order valence-corrected chi connectivity index (χ1v) is 13.3. The molecule has 3 nitrogen and oxygen atoms in total. The number of rotatable bonds is 6. The van der Waals surface area contributed by atoms with Crippen molar-refractivity contribution < 1.29 is 18.5 Å². The van der Waals surface area contributed by atoms with Gasteiger partial charge in [-0.3, -0.25) is 4.57 Å². The van der Waals surface area contributed by atoms with E-state index in [1.807, 2.05) is 65.3 Å². The molecule has 4 aromatic carbocycles. The summed E-state index contributed by atoms with van der Waals surface area (Å²) in [5.41, 5.74) is -0.706. The highest BCUT2D eigenvalue weighted by molar-refractivity contribution is 7.76. The van der Waals surface area contributed by atoms with Crippen LogP contribution in [0, 0.1) is 11.6 Å². The van der Waals surface area contributed by atoms with Crippen molar-refractivity contribution in [2.24, 2.45) is 0 Å². The number of benzene rings is 4. The highest BCUT2D eigenvalue weighted by Gasteiger charge is 2.51. The normalized spacial score (nSPS) is 16.9. The molecule has 4 aromatic rings. The lowest BCUT2D eigenvalue weighted by molar-refractivity contribution is 0.0204. The zero-order chi connectivity index (χ0) is 24.5. The van der Waals surface area contributed by atoms with Crippen molar-refractivity contribution in [3.8, 4) is 0 Å². The minimum absolute atomic E-state index is 0.419. The molecule has 0 aromatic heterocycles. The number of hydrogen-bond donors (Lipinski definition) is 1. The lowest BCUT2D eigenvalue weighted by atomic mass is 9.79. The summed E-state index contributed by atoms with van der Waals surface area (Å²) >= 11 is 0. The smallest absolute Gasteiger partial charge is 0.207 e. The third-order valence-electron chi connectivity index (χ3n) is 6.85. The van der Waals surface area contributed by atoms with Crippen LogP contribution in [0.4, 0.5) is 8.78 Å². The minimum Gasteiger partial charge on any atom is -0.379 e. The molecule has 1 saturated heterocycles. The molecule has 1 fully saturated rings. The average Bonchev–Trinajstić information content (AvgIpc) is 3.41. The molecule has 0 saturated carbocycles. The summed E-state index contributed by atoms with van der Waals surface area (Å²) in [5, 5.41) is 13.8. The fourth-order valence-corrected chi connectivity index (χ4v) is 8.32. The van der Waals surface area contributed by atoms with Crippen LogP contribution in [0.25, 0.3) is 0 Å². The Morgan fingerprint density at radius 3 is 1.57 bits per heavy atom. The van der Waals surface area contributed by atoms with Crippen molar-refractivity contribution in [2.45, 2.75) is 24.5 Å². The Kier molecular flexibility index (Phi) is 6.41. The predicted octanol–water partition coefficient (Wildman–Crippen LogP) is 5.59. The Morgan fingerprint density at radius 2 is 1.14 bits per heavy atom. The van der Waals surface area contributed by atoms with Gasteiger partial charge in [0.25, 0.3) is 0 Å². The third kappa shape index (κ3) is 4.14. The fourth-order valence-electron chi connectivity index (χ4n) is 5.18. The Labute approximate surface area is 204 Å². The van der Waals surface area contributed by atoms with E-state index in [9.17, 15) is 13.9 Å². The average molecular weight is 490 g/mol. The van der Waals surface area contributed by atoms with Gasteiger partial charge in [0.2, 0.25) is 7.29 Å². The van der Waals surface area contributed by atoms with E-state index in [-0.39, 0.29) is 0 Å². The first-order chi connectivity index (χ1) is 16.9. The van der Waals surface area contributed by atoms with Gasteiger partial charge in [-0.25, -0.2) is 13.5 Å². The molecule has 1 heterocycles. The second-order valence-corrected chi connectivity index (χ2v) is 11.5. The van der Waals surface area contributed by atoms with Crippen LogP contribution >= 0.6 is 7.29 Å². The van der Waals surface area contributed by atoms with Gasteiger partial charge in [-0.2, -0.15) is 0 Å². The molecule has 0 radical (unpaired) electrons. The summed E-state index contributed by atoms with van der Waals surface area (Å²) < 4.78 is 44.7. The van der Waals surface area contributed by atoms with Gasteiger partial charge in [0.15, 0.2) is 0 Å². The maximum Gasteiger partial charge on any atom is 0.207 e. The molecule has 0 amide bonds. The Bertz CT molecular complexity index is 1240. The minimum atomic E-state index is -3.36. The molecule has 6 heteroatoms. The lowest BCUT2D eigenvalue weighted by Gasteiger charge is -2.43. The van der Waals surface area contributed by atoms with Crippen molar-refractivity contribution in [3.05, 3.63) is 132 Å². The van der Waals surface area contributed by atoms with Crippen LogP contribution in [-0.4, -0.2) is 22.4 Å². The van der Waals surface area contributed by atoms with Crippen LogP contribution in [0.15, 0.2) is 109 Å². The van der Waals surface area contributed by atoms with Crippen LogP contribution in [0.1, 0.15) is 24.0 Å². The molecule has 0 unspecified atom stereocenters. The second kappa shape index (κ2) is 9.50. The van der Waals surface area contributed by atoms with E-state index >= 15 is 4.57 Å². The summed E-state index contributed by atoms with van der Waals surface area (Å²) in [5.74, 6) is -0.838. The van der Waals surface area contributed by atoms with E-state index in [0.29, 0.717) is 34.7 Å². The molecule has 0 bridgehead atoms. The van der Waals surface area contributed by atoms with Gasteiger partial charge in [-0.15, -0.1) is 0 Å². The van der Waals surface area contributed by atoms with Gasteiger partial charge in [0, 0.05) is 17.2 Å². The summed E-state index contributed by atoms with van der Waals surface area (Å²) in [7, 11) is -3.36. The quantitative estimate of drug-likeness (QED) is 0.359. The molecule has 1 aliphatic heterocycles. The molecule has 35 heavy (non-hydrogen) atoms. The summed E-state index contributed by atoms with van der Waals surface area (Å²) in [6, 6.07) is 29.5. The first kappa shape index (κ1) is 23.6. The maximum atomic E-state index is 15.1. The molecule has 1 N–H and O–H groups in total. The monoisotopic (exact) mass is 489 g/mol. The first-order valence-electron chi connectivity index (χ1n) is 11.7. The van der Waals surface area contributed by atoms with E-state index in [4.69, 9.17) is 0 Å². The standard InChI is InChI=1S/C29H26F2NO2P/c30-24-17-13-22(14-18-24)29(33,23-15-19-25(31)20-16-23)28-12-7-21-32(28)35(34,26-8-3-1-4-9-26)27-10-5-2-6-11-27/h1-6,8-11,13-20,28,33H,7,12,21H2/t28-/m0/s1. The van der Waals surface area contributed by atoms with Crippen LogP contribution in [0.3, 0.4) is 0 Å². The van der Waals surface area contributed by atoms with Gasteiger partial charge >= 0.3 is 0 Å². The Balaban J connectivity index is 1.72. The van der Waals surface area contributed by atoms with Gasteiger partial charge in [-0.05, 0) is 72.5 Å². The van der Waals surface area contributed by atoms with E-state index < -0.39 is 30.6 Å². The summed E-state index contributed by atoms with van der Waals surface area (Å²) in [6.45, 7) is 0.510. The van der Waals surface area contributed by atoms with E-state index in [2.05, 4.69) is 0 Å². The van der Waals surface area contributed by atoms with Crippen LogP contribution in [0.5, 0.6) is 0 Å². The third-order valence-corrected chi connectivity index (χ3v) is 10.0. The van der Waals surface area contributed by atoms with Crippen LogP contribution in [0.2, 0.25) is 0 Å². The number of aliphatic hydroxyl groups is 1. The fraction of sp³-hybridized carbons (Fsp3) is 0.172. The molecule has 0 spiro atoms.